The molecular weight excluding hydrogens is 384 g/mol. The number of amides is 2. The van der Waals surface area contributed by atoms with E-state index in [-0.39, 0.29) is 17.9 Å². The summed E-state index contributed by atoms with van der Waals surface area (Å²) in [4.78, 5) is 43.5. The first-order valence-electron chi connectivity index (χ1n) is 9.78. The van der Waals surface area contributed by atoms with Crippen molar-refractivity contribution in [1.82, 2.24) is 19.9 Å². The smallest absolute Gasteiger partial charge is 0.246 e. The highest BCUT2D eigenvalue weighted by Gasteiger charge is 2.31. The third-order valence-corrected chi connectivity index (χ3v) is 4.84. The lowest BCUT2D eigenvalue weighted by Gasteiger charge is -2.36. The summed E-state index contributed by atoms with van der Waals surface area (Å²) < 4.78 is 0. The van der Waals surface area contributed by atoms with Gasteiger partial charge in [0.15, 0.2) is 6.10 Å². The molecule has 9 heteroatoms. The fraction of sp³-hybridized carbons (Fsp3) is 0.333. The van der Waals surface area contributed by atoms with Crippen molar-refractivity contribution in [2.45, 2.75) is 32.3 Å². The van der Waals surface area contributed by atoms with Crippen LogP contribution in [0.25, 0.3) is 6.08 Å². The van der Waals surface area contributed by atoms with Gasteiger partial charge in [-0.15, -0.1) is 0 Å². The van der Waals surface area contributed by atoms with E-state index in [0.717, 1.165) is 16.8 Å². The molecule has 0 radical (unpaired) electrons. The van der Waals surface area contributed by atoms with Crippen molar-refractivity contribution in [2.24, 2.45) is 5.16 Å². The monoisotopic (exact) mass is 406 g/mol. The third kappa shape index (κ3) is 4.86. The zero-order valence-corrected chi connectivity index (χ0v) is 16.6. The number of carbonyl (C=O) groups excluding carboxylic acids is 2. The van der Waals surface area contributed by atoms with Crippen LogP contribution in [0.15, 0.2) is 42.0 Å². The Bertz CT molecular complexity index is 999. The summed E-state index contributed by atoms with van der Waals surface area (Å²) in [6.07, 6.45) is 9.82. The molecule has 1 saturated heterocycles. The molecule has 4 heterocycles. The third-order valence-electron chi connectivity index (χ3n) is 4.84. The van der Waals surface area contributed by atoms with E-state index in [4.69, 9.17) is 4.84 Å². The van der Waals surface area contributed by atoms with Crippen molar-refractivity contribution in [2.75, 3.05) is 18.4 Å². The largest absolute Gasteiger partial charge is 0.389 e. The van der Waals surface area contributed by atoms with E-state index in [1.165, 1.54) is 6.08 Å². The van der Waals surface area contributed by atoms with Crippen LogP contribution in [0.5, 0.6) is 0 Å². The maximum absolute atomic E-state index is 12.3. The van der Waals surface area contributed by atoms with Gasteiger partial charge in [-0.3, -0.25) is 9.59 Å². The van der Waals surface area contributed by atoms with E-state index in [2.05, 4.69) is 25.4 Å². The van der Waals surface area contributed by atoms with Crippen molar-refractivity contribution in [3.05, 3.63) is 53.8 Å². The normalized spacial score (nSPS) is 16.8. The number of aromatic nitrogens is 3. The summed E-state index contributed by atoms with van der Waals surface area (Å²) in [6.45, 7) is 2.85. The number of hydrogen-bond acceptors (Lipinski definition) is 7. The zero-order valence-electron chi connectivity index (χ0n) is 16.6. The molecule has 0 unspecified atom stereocenters. The van der Waals surface area contributed by atoms with E-state index < -0.39 is 0 Å². The summed E-state index contributed by atoms with van der Waals surface area (Å²) >= 11 is 0. The SMILES string of the molecule is CC(Cc1ncccn1)=NOC1CN(C(=O)/C=C/c2cnc3c(c2)CCC(=O)N3)C1. The van der Waals surface area contributed by atoms with Crippen molar-refractivity contribution >= 4 is 29.4 Å². The standard InChI is InChI=1S/C21H22N6O3/c1-14(9-18-22-7-2-8-23-18)26-30-17-12-27(13-17)20(29)6-3-15-10-16-4-5-19(28)25-21(16)24-11-15/h2-3,6-8,10-11,17H,4-5,9,12-13H2,1H3,(H,24,25,28)/b6-3+,26-14?. The van der Waals surface area contributed by atoms with Crippen LogP contribution >= 0.6 is 0 Å². The second-order valence-corrected chi connectivity index (χ2v) is 7.30. The van der Waals surface area contributed by atoms with Crippen LogP contribution in [-0.4, -0.2) is 56.6 Å². The second-order valence-electron chi connectivity index (χ2n) is 7.30. The van der Waals surface area contributed by atoms with Crippen LogP contribution in [0.1, 0.15) is 30.3 Å². The minimum absolute atomic E-state index is 0.0176. The predicted octanol–water partition coefficient (Wildman–Crippen LogP) is 1.62. The van der Waals surface area contributed by atoms with E-state index in [0.29, 0.717) is 44.0 Å². The van der Waals surface area contributed by atoms with Gasteiger partial charge in [0, 0.05) is 37.5 Å². The lowest BCUT2D eigenvalue weighted by molar-refractivity contribution is -0.139. The van der Waals surface area contributed by atoms with E-state index >= 15 is 0 Å². The summed E-state index contributed by atoms with van der Waals surface area (Å²) in [5.41, 5.74) is 2.59. The van der Waals surface area contributed by atoms with Gasteiger partial charge < -0.3 is 15.1 Å². The number of oxime groups is 1. The number of fused-ring (bicyclic) bond motifs is 1. The Labute approximate surface area is 173 Å². The molecule has 1 N–H and O–H groups in total. The van der Waals surface area contributed by atoms with Crippen molar-refractivity contribution < 1.29 is 14.4 Å². The fourth-order valence-corrected chi connectivity index (χ4v) is 3.17. The number of carbonyl (C=O) groups is 2. The Morgan fingerprint density at radius 2 is 2.10 bits per heavy atom. The van der Waals surface area contributed by atoms with Crippen LogP contribution < -0.4 is 5.32 Å². The predicted molar refractivity (Wildman–Crippen MR) is 111 cm³/mol. The number of rotatable bonds is 6. The molecule has 4 rings (SSSR count). The van der Waals surface area contributed by atoms with Crippen LogP contribution in [0.4, 0.5) is 5.82 Å². The van der Waals surface area contributed by atoms with Gasteiger partial charge in [0.1, 0.15) is 11.6 Å². The van der Waals surface area contributed by atoms with Gasteiger partial charge in [0.25, 0.3) is 0 Å². The van der Waals surface area contributed by atoms with Crippen molar-refractivity contribution in [1.29, 1.82) is 0 Å². The number of aryl methyl sites for hydroxylation is 1. The van der Waals surface area contributed by atoms with Crippen LogP contribution in [-0.2, 0) is 27.3 Å². The van der Waals surface area contributed by atoms with E-state index in [1.54, 1.807) is 35.6 Å². The number of likely N-dealkylation sites (tertiary alicyclic amines) is 1. The first-order valence-corrected chi connectivity index (χ1v) is 9.78. The van der Waals surface area contributed by atoms with Crippen LogP contribution in [0.2, 0.25) is 0 Å². The highest BCUT2D eigenvalue weighted by atomic mass is 16.6. The summed E-state index contributed by atoms with van der Waals surface area (Å²) in [6, 6.07) is 3.71. The molecule has 2 aromatic heterocycles. The van der Waals surface area contributed by atoms with Crippen molar-refractivity contribution in [3.8, 4) is 0 Å². The molecule has 0 atom stereocenters. The lowest BCUT2D eigenvalue weighted by atomic mass is 10.0. The minimum Gasteiger partial charge on any atom is -0.389 e. The Hall–Kier alpha value is -3.62. The van der Waals surface area contributed by atoms with Gasteiger partial charge in [-0.25, -0.2) is 15.0 Å². The molecule has 2 aliphatic heterocycles. The van der Waals surface area contributed by atoms with E-state index in [9.17, 15) is 9.59 Å². The van der Waals surface area contributed by atoms with Crippen LogP contribution in [0.3, 0.4) is 0 Å². The molecule has 0 spiro atoms. The topological polar surface area (TPSA) is 110 Å². The molecule has 0 bridgehead atoms. The summed E-state index contributed by atoms with van der Waals surface area (Å²) in [5, 5.41) is 6.86. The molecule has 0 aliphatic carbocycles. The lowest BCUT2D eigenvalue weighted by Crippen LogP contribution is -2.53. The average molecular weight is 406 g/mol. The highest BCUT2D eigenvalue weighted by Crippen LogP contribution is 2.21. The molecule has 2 amide bonds. The van der Waals surface area contributed by atoms with Gasteiger partial charge in [-0.05, 0) is 42.7 Å². The quantitative estimate of drug-likeness (QED) is 0.443. The first kappa shape index (κ1) is 19.7. The molecule has 2 aromatic rings. The Balaban J connectivity index is 1.23. The number of nitrogens with one attached hydrogen (secondary N) is 1. The molecular formula is C21H22N6O3. The minimum atomic E-state index is -0.108. The maximum Gasteiger partial charge on any atom is 0.246 e. The molecule has 1 fully saturated rings. The summed E-state index contributed by atoms with van der Waals surface area (Å²) in [7, 11) is 0. The van der Waals surface area contributed by atoms with Gasteiger partial charge in [0.05, 0.1) is 18.8 Å². The molecule has 9 nitrogen and oxygen atoms in total. The van der Waals surface area contributed by atoms with Gasteiger partial charge in [0.2, 0.25) is 11.8 Å². The molecule has 30 heavy (non-hydrogen) atoms. The zero-order chi connectivity index (χ0) is 20.9. The Morgan fingerprint density at radius 3 is 2.90 bits per heavy atom. The summed E-state index contributed by atoms with van der Waals surface area (Å²) in [5.74, 6) is 1.19. The molecule has 0 saturated carbocycles. The van der Waals surface area contributed by atoms with Gasteiger partial charge in [-0.1, -0.05) is 5.16 Å². The number of pyridine rings is 1. The number of anilines is 1. The average Bonchev–Trinajstić information content (AvgIpc) is 2.71. The molecule has 0 aromatic carbocycles. The Kier molecular flexibility index (Phi) is 5.78. The molecule has 154 valence electrons. The molecule has 2 aliphatic rings. The van der Waals surface area contributed by atoms with Crippen LogP contribution in [0, 0.1) is 0 Å². The van der Waals surface area contributed by atoms with Gasteiger partial charge >= 0.3 is 0 Å². The van der Waals surface area contributed by atoms with Crippen molar-refractivity contribution in [3.63, 3.8) is 0 Å². The van der Waals surface area contributed by atoms with E-state index in [1.807, 2.05) is 13.0 Å². The number of nitrogens with zero attached hydrogens (tertiary/aromatic N) is 5. The maximum atomic E-state index is 12.3. The first-order chi connectivity index (χ1) is 14.6. The number of hydrogen-bond donors (Lipinski definition) is 1. The van der Waals surface area contributed by atoms with Gasteiger partial charge in [-0.2, -0.15) is 0 Å². The fourth-order valence-electron chi connectivity index (χ4n) is 3.17. The Morgan fingerprint density at radius 1 is 1.30 bits per heavy atom. The highest BCUT2D eigenvalue weighted by molar-refractivity contribution is 5.94. The second kappa shape index (κ2) is 8.81.